The quantitative estimate of drug-likeness (QED) is 0.832. The summed E-state index contributed by atoms with van der Waals surface area (Å²) in [6.45, 7) is -3.47. The van der Waals surface area contributed by atoms with Gasteiger partial charge in [0.15, 0.2) is 0 Å². The van der Waals surface area contributed by atoms with E-state index in [0.717, 1.165) is 0 Å². The molecule has 0 bridgehead atoms. The molecular formula is C10H11F2NO4. The average Bonchev–Trinajstić information content (AvgIpc) is 2.28. The summed E-state index contributed by atoms with van der Waals surface area (Å²) in [6.07, 6.45) is -0.857. The predicted octanol–water partition coefficient (Wildman–Crippen LogP) is 1.83. The number of alkyl halides is 2. The van der Waals surface area contributed by atoms with Crippen molar-refractivity contribution in [3.8, 4) is 5.75 Å². The van der Waals surface area contributed by atoms with E-state index in [1.165, 1.54) is 18.2 Å². The predicted molar refractivity (Wildman–Crippen MR) is 55.1 cm³/mol. The van der Waals surface area contributed by atoms with Crippen LogP contribution in [0.25, 0.3) is 0 Å². The van der Waals surface area contributed by atoms with Gasteiger partial charge in [-0.1, -0.05) is 12.1 Å². The van der Waals surface area contributed by atoms with Gasteiger partial charge in [0.2, 0.25) is 0 Å². The van der Waals surface area contributed by atoms with Gasteiger partial charge in [0.05, 0.1) is 12.3 Å². The lowest BCUT2D eigenvalue weighted by Gasteiger charge is -2.11. The van der Waals surface area contributed by atoms with Gasteiger partial charge in [-0.2, -0.15) is 8.78 Å². The molecule has 1 amide bonds. The number of halogens is 2. The summed E-state index contributed by atoms with van der Waals surface area (Å²) in [6, 6.07) is 5.70. The van der Waals surface area contributed by atoms with Crippen LogP contribution >= 0.6 is 0 Å². The Labute approximate surface area is 96.0 Å². The Hall–Kier alpha value is -1.89. The first kappa shape index (κ1) is 13.2. The van der Waals surface area contributed by atoms with E-state index in [1.807, 2.05) is 0 Å². The van der Waals surface area contributed by atoms with E-state index in [9.17, 15) is 13.6 Å². The van der Waals surface area contributed by atoms with Crippen molar-refractivity contribution < 1.29 is 28.2 Å². The highest BCUT2D eigenvalue weighted by Crippen LogP contribution is 2.25. The summed E-state index contributed by atoms with van der Waals surface area (Å²) in [7, 11) is 0. The van der Waals surface area contributed by atoms with Crippen molar-refractivity contribution in [3.05, 3.63) is 24.3 Å². The molecule has 0 unspecified atom stereocenters. The lowest BCUT2D eigenvalue weighted by atomic mass is 10.3. The molecule has 17 heavy (non-hydrogen) atoms. The fraction of sp³-hybridized carbons (Fsp3) is 0.300. The van der Waals surface area contributed by atoms with E-state index in [2.05, 4.69) is 14.8 Å². The maximum absolute atomic E-state index is 12.0. The number of carbonyl (C=O) groups excluding carboxylic acids is 1. The van der Waals surface area contributed by atoms with Crippen LogP contribution in [0.5, 0.6) is 5.75 Å². The van der Waals surface area contributed by atoms with E-state index < -0.39 is 12.7 Å². The smallest absolute Gasteiger partial charge is 0.411 e. The number of benzene rings is 1. The van der Waals surface area contributed by atoms with E-state index >= 15 is 0 Å². The first-order valence-corrected chi connectivity index (χ1v) is 4.72. The van der Waals surface area contributed by atoms with E-state index in [1.54, 1.807) is 6.07 Å². The Morgan fingerprint density at radius 3 is 2.76 bits per heavy atom. The molecule has 0 saturated heterocycles. The van der Waals surface area contributed by atoms with Gasteiger partial charge in [-0.15, -0.1) is 0 Å². The third kappa shape index (κ3) is 4.64. The number of aliphatic hydroxyl groups is 1. The molecule has 0 saturated carbocycles. The minimum absolute atomic E-state index is 0.0655. The van der Waals surface area contributed by atoms with Crippen LogP contribution in [0.1, 0.15) is 0 Å². The second-order valence-electron chi connectivity index (χ2n) is 2.86. The number of aliphatic hydroxyl groups excluding tert-OH is 1. The number of hydrogen-bond donors (Lipinski definition) is 2. The van der Waals surface area contributed by atoms with Gasteiger partial charge < -0.3 is 14.6 Å². The van der Waals surface area contributed by atoms with Gasteiger partial charge in [0, 0.05) is 0 Å². The summed E-state index contributed by atoms with van der Waals surface area (Å²) in [5, 5.41) is 10.6. The van der Waals surface area contributed by atoms with Crippen molar-refractivity contribution in [2.75, 3.05) is 18.5 Å². The van der Waals surface area contributed by atoms with Crippen molar-refractivity contribution in [2.45, 2.75) is 6.61 Å². The van der Waals surface area contributed by atoms with Gasteiger partial charge in [0.25, 0.3) is 0 Å². The van der Waals surface area contributed by atoms with Gasteiger partial charge in [-0.3, -0.25) is 5.32 Å². The van der Waals surface area contributed by atoms with Crippen LogP contribution in [0, 0.1) is 0 Å². The van der Waals surface area contributed by atoms with Crippen molar-refractivity contribution in [3.63, 3.8) is 0 Å². The molecule has 5 nitrogen and oxygen atoms in total. The standard InChI is InChI=1S/C10H11F2NO4/c11-9(12)17-8-4-2-1-3-7(8)13-10(15)16-6-5-14/h1-4,9,14H,5-6H2,(H,13,15). The highest BCUT2D eigenvalue weighted by Gasteiger charge is 2.11. The first-order chi connectivity index (χ1) is 8.13. The highest BCUT2D eigenvalue weighted by atomic mass is 19.3. The van der Waals surface area contributed by atoms with Gasteiger partial charge in [0.1, 0.15) is 12.4 Å². The molecule has 0 heterocycles. The Balaban J connectivity index is 2.66. The Bertz CT molecular complexity index is 373. The second kappa shape index (κ2) is 6.64. The van der Waals surface area contributed by atoms with Crippen molar-refractivity contribution >= 4 is 11.8 Å². The average molecular weight is 247 g/mol. The van der Waals surface area contributed by atoms with Gasteiger partial charge >= 0.3 is 12.7 Å². The largest absolute Gasteiger partial charge is 0.447 e. The number of anilines is 1. The zero-order valence-corrected chi connectivity index (χ0v) is 8.73. The lowest BCUT2D eigenvalue weighted by Crippen LogP contribution is -2.16. The number of nitrogens with one attached hydrogen (secondary N) is 1. The topological polar surface area (TPSA) is 67.8 Å². The van der Waals surface area contributed by atoms with Crippen molar-refractivity contribution in [2.24, 2.45) is 0 Å². The Kier molecular flexibility index (Phi) is 5.15. The third-order valence-corrected chi connectivity index (χ3v) is 1.66. The zero-order chi connectivity index (χ0) is 12.7. The molecule has 1 aromatic rings. The summed E-state index contributed by atoms with van der Waals surface area (Å²) < 4.78 is 32.8. The molecule has 0 aliphatic rings. The molecule has 0 aliphatic heterocycles. The molecule has 0 aliphatic carbocycles. The Morgan fingerprint density at radius 2 is 2.12 bits per heavy atom. The van der Waals surface area contributed by atoms with Crippen LogP contribution in [-0.2, 0) is 4.74 Å². The van der Waals surface area contributed by atoms with Crippen molar-refractivity contribution in [1.82, 2.24) is 0 Å². The monoisotopic (exact) mass is 247 g/mol. The number of amides is 1. The first-order valence-electron chi connectivity index (χ1n) is 4.72. The minimum atomic E-state index is -2.98. The van der Waals surface area contributed by atoms with Crippen LogP contribution in [0.2, 0.25) is 0 Å². The van der Waals surface area contributed by atoms with Crippen LogP contribution < -0.4 is 10.1 Å². The number of rotatable bonds is 5. The Morgan fingerprint density at radius 1 is 1.41 bits per heavy atom. The van der Waals surface area contributed by atoms with Crippen molar-refractivity contribution in [1.29, 1.82) is 0 Å². The number of hydrogen-bond acceptors (Lipinski definition) is 4. The number of carbonyl (C=O) groups is 1. The molecule has 1 aromatic carbocycles. The molecule has 0 spiro atoms. The molecule has 0 atom stereocenters. The van der Waals surface area contributed by atoms with E-state index in [-0.39, 0.29) is 24.7 Å². The maximum atomic E-state index is 12.0. The molecule has 0 aromatic heterocycles. The summed E-state index contributed by atoms with van der Waals surface area (Å²) in [5.41, 5.74) is 0.0655. The minimum Gasteiger partial charge on any atom is -0.447 e. The molecule has 1 rings (SSSR count). The van der Waals surface area contributed by atoms with Crippen LogP contribution in [0.15, 0.2) is 24.3 Å². The molecule has 7 heteroatoms. The normalized spacial score (nSPS) is 10.1. The van der Waals surface area contributed by atoms with E-state index in [4.69, 9.17) is 5.11 Å². The van der Waals surface area contributed by atoms with Crippen LogP contribution in [-0.4, -0.2) is 31.0 Å². The highest BCUT2D eigenvalue weighted by molar-refractivity contribution is 5.86. The molecule has 0 radical (unpaired) electrons. The third-order valence-electron chi connectivity index (χ3n) is 1.66. The summed E-state index contributed by atoms with van der Waals surface area (Å²) in [5.74, 6) is -0.163. The lowest BCUT2D eigenvalue weighted by molar-refractivity contribution is -0.0493. The number of para-hydroxylation sites is 2. The maximum Gasteiger partial charge on any atom is 0.411 e. The fourth-order valence-electron chi connectivity index (χ4n) is 1.05. The molecular weight excluding hydrogens is 236 g/mol. The second-order valence-corrected chi connectivity index (χ2v) is 2.86. The summed E-state index contributed by atoms with van der Waals surface area (Å²) in [4.78, 5) is 11.1. The van der Waals surface area contributed by atoms with Crippen LogP contribution in [0.3, 0.4) is 0 Å². The SMILES string of the molecule is O=C(Nc1ccccc1OC(F)F)OCCO. The van der Waals surface area contributed by atoms with Gasteiger partial charge in [-0.05, 0) is 12.1 Å². The van der Waals surface area contributed by atoms with Gasteiger partial charge in [-0.25, -0.2) is 4.79 Å². The van der Waals surface area contributed by atoms with Crippen LogP contribution in [0.4, 0.5) is 19.3 Å². The summed E-state index contributed by atoms with van der Waals surface area (Å²) >= 11 is 0. The molecule has 2 N–H and O–H groups in total. The number of ether oxygens (including phenoxy) is 2. The molecule has 94 valence electrons. The molecule has 0 fully saturated rings. The van der Waals surface area contributed by atoms with E-state index in [0.29, 0.717) is 0 Å². The fourth-order valence-corrected chi connectivity index (χ4v) is 1.05. The zero-order valence-electron chi connectivity index (χ0n) is 8.73.